The Kier molecular flexibility index (Phi) is 3.64. The molecule has 100 valence electrons. The molecule has 0 unspecified atom stereocenters. The van der Waals surface area contributed by atoms with Crippen molar-refractivity contribution < 1.29 is 8.42 Å². The van der Waals surface area contributed by atoms with Gasteiger partial charge in [0, 0.05) is 11.8 Å². The van der Waals surface area contributed by atoms with Gasteiger partial charge >= 0.3 is 0 Å². The highest BCUT2D eigenvalue weighted by molar-refractivity contribution is 7.90. The highest BCUT2D eigenvalue weighted by atomic mass is 32.2. The molecule has 1 aliphatic heterocycles. The molecule has 1 heterocycles. The minimum Gasteiger partial charge on any atom is -0.379 e. The molecule has 1 aliphatic rings. The average Bonchev–Trinajstić information content (AvgIpc) is 2.28. The van der Waals surface area contributed by atoms with Gasteiger partial charge in [-0.05, 0) is 45.0 Å². The van der Waals surface area contributed by atoms with Crippen molar-refractivity contribution in [2.45, 2.75) is 30.2 Å². The summed E-state index contributed by atoms with van der Waals surface area (Å²) in [5, 5.41) is 6.73. The summed E-state index contributed by atoms with van der Waals surface area (Å²) in [7, 11) is -3.19. The number of nitrogens with one attached hydrogen (secondary N) is 2. The smallest absolute Gasteiger partial charge is 0.177 e. The van der Waals surface area contributed by atoms with Crippen LogP contribution >= 0.6 is 0 Å². The van der Waals surface area contributed by atoms with E-state index in [0.717, 1.165) is 25.9 Å². The van der Waals surface area contributed by atoms with Gasteiger partial charge in [-0.25, -0.2) is 8.42 Å². The van der Waals surface area contributed by atoms with Crippen LogP contribution in [0.3, 0.4) is 0 Å². The third kappa shape index (κ3) is 3.03. The Morgan fingerprint density at radius 3 is 2.44 bits per heavy atom. The van der Waals surface area contributed by atoms with Crippen LogP contribution in [0.15, 0.2) is 29.2 Å². The van der Waals surface area contributed by atoms with E-state index in [1.165, 1.54) is 6.26 Å². The third-order valence-corrected chi connectivity index (χ3v) is 4.59. The summed E-state index contributed by atoms with van der Waals surface area (Å²) in [6.07, 6.45) is 3.23. The fraction of sp³-hybridized carbons (Fsp3) is 0.538. The zero-order valence-electron chi connectivity index (χ0n) is 10.9. The molecule has 0 amide bonds. The molecule has 1 aromatic carbocycles. The van der Waals surface area contributed by atoms with Crippen LogP contribution in [0.25, 0.3) is 0 Å². The first kappa shape index (κ1) is 13.4. The Hall–Kier alpha value is -1.07. The molecule has 18 heavy (non-hydrogen) atoms. The van der Waals surface area contributed by atoms with Gasteiger partial charge in [0.05, 0.1) is 10.6 Å². The maximum absolute atomic E-state index is 11.7. The van der Waals surface area contributed by atoms with Gasteiger partial charge in [0.2, 0.25) is 0 Å². The predicted octanol–water partition coefficient (Wildman–Crippen LogP) is 1.64. The summed E-state index contributed by atoms with van der Waals surface area (Å²) in [5.41, 5.74) is 0.677. The number of hydrogen-bond acceptors (Lipinski definition) is 4. The summed E-state index contributed by atoms with van der Waals surface area (Å²) >= 11 is 0. The molecular weight excluding hydrogens is 248 g/mol. The molecule has 0 saturated carbocycles. The molecular formula is C13H20N2O2S. The molecule has 0 spiro atoms. The summed E-state index contributed by atoms with van der Waals surface area (Å²) in [6.45, 7) is 4.07. The van der Waals surface area contributed by atoms with E-state index in [-0.39, 0.29) is 5.54 Å². The van der Waals surface area contributed by atoms with Crippen LogP contribution in [-0.4, -0.2) is 33.3 Å². The second kappa shape index (κ2) is 4.90. The van der Waals surface area contributed by atoms with Crippen molar-refractivity contribution in [3.63, 3.8) is 0 Å². The van der Waals surface area contributed by atoms with E-state index in [0.29, 0.717) is 10.6 Å². The zero-order chi connectivity index (χ0) is 13.2. The monoisotopic (exact) mass is 268 g/mol. The van der Waals surface area contributed by atoms with Gasteiger partial charge in [-0.1, -0.05) is 12.1 Å². The van der Waals surface area contributed by atoms with Gasteiger partial charge < -0.3 is 10.6 Å². The van der Waals surface area contributed by atoms with Crippen molar-refractivity contribution in [1.82, 2.24) is 5.32 Å². The quantitative estimate of drug-likeness (QED) is 0.875. The van der Waals surface area contributed by atoms with Gasteiger partial charge in [-0.2, -0.15) is 0 Å². The predicted molar refractivity (Wildman–Crippen MR) is 73.7 cm³/mol. The fourth-order valence-electron chi connectivity index (χ4n) is 2.32. The minimum absolute atomic E-state index is 0.0357. The van der Waals surface area contributed by atoms with E-state index >= 15 is 0 Å². The highest BCUT2D eigenvalue weighted by Gasteiger charge is 2.27. The maximum atomic E-state index is 11.7. The third-order valence-electron chi connectivity index (χ3n) is 3.43. The molecule has 2 rings (SSSR count). The van der Waals surface area contributed by atoms with Crippen molar-refractivity contribution >= 4 is 15.5 Å². The van der Waals surface area contributed by atoms with Crippen molar-refractivity contribution in [2.75, 3.05) is 24.7 Å². The second-order valence-electron chi connectivity index (χ2n) is 5.20. The topological polar surface area (TPSA) is 58.2 Å². The first-order valence-corrected chi connectivity index (χ1v) is 8.08. The second-order valence-corrected chi connectivity index (χ2v) is 7.19. The lowest BCUT2D eigenvalue weighted by Gasteiger charge is -2.36. The molecule has 0 bridgehead atoms. The molecule has 4 nitrogen and oxygen atoms in total. The molecule has 1 fully saturated rings. The van der Waals surface area contributed by atoms with Gasteiger partial charge in [-0.15, -0.1) is 0 Å². The Labute approximate surface area is 109 Å². The van der Waals surface area contributed by atoms with E-state index in [9.17, 15) is 8.42 Å². The summed E-state index contributed by atoms with van der Waals surface area (Å²) in [4.78, 5) is 0.379. The Morgan fingerprint density at radius 2 is 1.83 bits per heavy atom. The molecule has 5 heteroatoms. The molecule has 1 saturated heterocycles. The molecule has 0 aliphatic carbocycles. The standard InChI is InChI=1S/C13H20N2O2S/c1-13(7-9-14-10-8-13)15-11-5-3-4-6-12(11)18(2,16)17/h3-6,14-15H,7-10H2,1-2H3. The van der Waals surface area contributed by atoms with Gasteiger partial charge in [0.1, 0.15) is 0 Å². The van der Waals surface area contributed by atoms with E-state index in [1.807, 2.05) is 12.1 Å². The van der Waals surface area contributed by atoms with Crippen LogP contribution in [-0.2, 0) is 9.84 Å². The van der Waals surface area contributed by atoms with Crippen LogP contribution in [0.5, 0.6) is 0 Å². The number of para-hydroxylation sites is 1. The first-order valence-electron chi connectivity index (χ1n) is 6.19. The fourth-order valence-corrected chi connectivity index (χ4v) is 3.17. The molecule has 0 atom stereocenters. The summed E-state index contributed by atoms with van der Waals surface area (Å²) in [5.74, 6) is 0. The maximum Gasteiger partial charge on any atom is 0.177 e. The molecule has 2 N–H and O–H groups in total. The van der Waals surface area contributed by atoms with Crippen LogP contribution in [0.1, 0.15) is 19.8 Å². The summed E-state index contributed by atoms with van der Waals surface area (Å²) in [6, 6.07) is 7.11. The van der Waals surface area contributed by atoms with Crippen molar-refractivity contribution in [1.29, 1.82) is 0 Å². The number of sulfone groups is 1. The van der Waals surface area contributed by atoms with Gasteiger partial charge in [0.15, 0.2) is 9.84 Å². The number of piperidine rings is 1. The number of rotatable bonds is 3. The summed E-state index contributed by atoms with van der Waals surface area (Å²) < 4.78 is 23.5. The average molecular weight is 268 g/mol. The van der Waals surface area contributed by atoms with E-state index in [1.54, 1.807) is 12.1 Å². The van der Waals surface area contributed by atoms with Crippen molar-refractivity contribution in [2.24, 2.45) is 0 Å². The van der Waals surface area contributed by atoms with Crippen LogP contribution in [0.2, 0.25) is 0 Å². The van der Waals surface area contributed by atoms with Crippen LogP contribution in [0, 0.1) is 0 Å². The van der Waals surface area contributed by atoms with E-state index in [4.69, 9.17) is 0 Å². The van der Waals surface area contributed by atoms with Crippen molar-refractivity contribution in [3.05, 3.63) is 24.3 Å². The Balaban J connectivity index is 2.29. The minimum atomic E-state index is -3.19. The van der Waals surface area contributed by atoms with Gasteiger partial charge in [-0.3, -0.25) is 0 Å². The van der Waals surface area contributed by atoms with Gasteiger partial charge in [0.25, 0.3) is 0 Å². The number of anilines is 1. The number of benzene rings is 1. The van der Waals surface area contributed by atoms with E-state index < -0.39 is 9.84 Å². The number of hydrogen-bond donors (Lipinski definition) is 2. The SMILES string of the molecule is CC1(Nc2ccccc2S(C)(=O)=O)CCNCC1. The Bertz CT molecular complexity index is 520. The van der Waals surface area contributed by atoms with Crippen LogP contribution in [0.4, 0.5) is 5.69 Å². The molecule has 0 aromatic heterocycles. The zero-order valence-corrected chi connectivity index (χ0v) is 11.7. The molecule has 0 radical (unpaired) electrons. The van der Waals surface area contributed by atoms with Crippen molar-refractivity contribution in [3.8, 4) is 0 Å². The van der Waals surface area contributed by atoms with Crippen LogP contribution < -0.4 is 10.6 Å². The van der Waals surface area contributed by atoms with E-state index in [2.05, 4.69) is 17.6 Å². The lowest BCUT2D eigenvalue weighted by Crippen LogP contribution is -2.45. The Morgan fingerprint density at radius 1 is 1.22 bits per heavy atom. The lowest BCUT2D eigenvalue weighted by atomic mass is 9.90. The highest BCUT2D eigenvalue weighted by Crippen LogP contribution is 2.28. The normalized spacial score (nSPS) is 19.4. The lowest BCUT2D eigenvalue weighted by molar-refractivity contribution is 0.364. The first-order chi connectivity index (χ1) is 8.41. The largest absolute Gasteiger partial charge is 0.379 e. The molecule has 1 aromatic rings.